The highest BCUT2D eigenvalue weighted by atomic mass is 14.9. The lowest BCUT2D eigenvalue weighted by Gasteiger charge is -2.29. The Labute approximate surface area is 125 Å². The molecule has 0 aromatic heterocycles. The zero-order chi connectivity index (χ0) is 14.0. The van der Waals surface area contributed by atoms with Crippen molar-refractivity contribution in [2.45, 2.75) is 76.7 Å². The standard InChI is InChI=1S/C19H31N/c1-2-3-4-5-9-16-20-19-14-12-18(13-15-19)17-10-7-6-8-11-17/h6-8,10-11,18-20H,2-5,9,12-16H2,1H3. The van der Waals surface area contributed by atoms with E-state index in [2.05, 4.69) is 42.6 Å². The number of nitrogens with one attached hydrogen (secondary N) is 1. The van der Waals surface area contributed by atoms with Crippen LogP contribution in [0.5, 0.6) is 0 Å². The molecule has 1 N–H and O–H groups in total. The molecular formula is C19H31N. The summed E-state index contributed by atoms with van der Waals surface area (Å²) in [5, 5.41) is 3.77. The molecule has 20 heavy (non-hydrogen) atoms. The van der Waals surface area contributed by atoms with E-state index in [-0.39, 0.29) is 0 Å². The molecular weight excluding hydrogens is 242 g/mol. The van der Waals surface area contributed by atoms with E-state index in [9.17, 15) is 0 Å². The first kappa shape index (κ1) is 15.6. The normalized spacial score (nSPS) is 22.9. The molecule has 2 rings (SSSR count). The van der Waals surface area contributed by atoms with Gasteiger partial charge in [0, 0.05) is 6.04 Å². The Morgan fingerprint density at radius 3 is 2.30 bits per heavy atom. The fourth-order valence-electron chi connectivity index (χ4n) is 3.39. The van der Waals surface area contributed by atoms with Crippen molar-refractivity contribution in [1.29, 1.82) is 0 Å². The molecule has 1 aliphatic carbocycles. The smallest absolute Gasteiger partial charge is 0.00674 e. The van der Waals surface area contributed by atoms with Gasteiger partial charge < -0.3 is 5.32 Å². The molecule has 1 saturated carbocycles. The SMILES string of the molecule is CCCCCCCNC1CCC(c2ccccc2)CC1. The van der Waals surface area contributed by atoms with Crippen LogP contribution in [0.4, 0.5) is 0 Å². The van der Waals surface area contributed by atoms with Crippen LogP contribution in [0.2, 0.25) is 0 Å². The van der Waals surface area contributed by atoms with Crippen LogP contribution < -0.4 is 5.32 Å². The maximum Gasteiger partial charge on any atom is 0.00674 e. The molecule has 0 atom stereocenters. The van der Waals surface area contributed by atoms with Gasteiger partial charge in [0.05, 0.1) is 0 Å². The van der Waals surface area contributed by atoms with Crippen LogP contribution in [0, 0.1) is 0 Å². The van der Waals surface area contributed by atoms with Crippen molar-refractivity contribution in [1.82, 2.24) is 5.32 Å². The molecule has 0 aliphatic heterocycles. The highest BCUT2D eigenvalue weighted by Crippen LogP contribution is 2.32. The van der Waals surface area contributed by atoms with Gasteiger partial charge in [0.25, 0.3) is 0 Å². The van der Waals surface area contributed by atoms with E-state index in [1.54, 1.807) is 5.56 Å². The molecule has 1 aromatic carbocycles. The minimum Gasteiger partial charge on any atom is -0.314 e. The van der Waals surface area contributed by atoms with E-state index in [1.165, 1.54) is 64.3 Å². The van der Waals surface area contributed by atoms with Crippen LogP contribution in [-0.4, -0.2) is 12.6 Å². The molecule has 0 saturated heterocycles. The molecule has 1 aromatic rings. The Morgan fingerprint density at radius 1 is 0.900 bits per heavy atom. The van der Waals surface area contributed by atoms with E-state index in [1.807, 2.05) is 0 Å². The highest BCUT2D eigenvalue weighted by molar-refractivity contribution is 5.20. The lowest BCUT2D eigenvalue weighted by Crippen LogP contribution is -2.33. The molecule has 1 aliphatic rings. The third-order valence-electron chi connectivity index (χ3n) is 4.71. The topological polar surface area (TPSA) is 12.0 Å². The van der Waals surface area contributed by atoms with Crippen molar-refractivity contribution in [3.63, 3.8) is 0 Å². The van der Waals surface area contributed by atoms with Gasteiger partial charge in [-0.1, -0.05) is 62.9 Å². The highest BCUT2D eigenvalue weighted by Gasteiger charge is 2.21. The second-order valence-electron chi connectivity index (χ2n) is 6.33. The van der Waals surface area contributed by atoms with Crippen LogP contribution in [-0.2, 0) is 0 Å². The van der Waals surface area contributed by atoms with Crippen LogP contribution >= 0.6 is 0 Å². The first-order chi connectivity index (χ1) is 9.90. The number of hydrogen-bond acceptors (Lipinski definition) is 1. The van der Waals surface area contributed by atoms with Crippen LogP contribution in [0.15, 0.2) is 30.3 Å². The molecule has 1 heteroatoms. The van der Waals surface area contributed by atoms with Crippen LogP contribution in [0.1, 0.15) is 76.2 Å². The van der Waals surface area contributed by atoms with Gasteiger partial charge in [0.15, 0.2) is 0 Å². The van der Waals surface area contributed by atoms with E-state index in [4.69, 9.17) is 0 Å². The van der Waals surface area contributed by atoms with Crippen molar-refractivity contribution in [2.75, 3.05) is 6.54 Å². The van der Waals surface area contributed by atoms with E-state index in [0.29, 0.717) is 0 Å². The summed E-state index contributed by atoms with van der Waals surface area (Å²) in [5.74, 6) is 0.804. The molecule has 0 unspecified atom stereocenters. The average molecular weight is 273 g/mol. The fraction of sp³-hybridized carbons (Fsp3) is 0.684. The zero-order valence-electron chi connectivity index (χ0n) is 13.1. The van der Waals surface area contributed by atoms with Crippen molar-refractivity contribution >= 4 is 0 Å². The molecule has 1 nitrogen and oxygen atoms in total. The minimum atomic E-state index is 0.779. The van der Waals surface area contributed by atoms with Crippen molar-refractivity contribution in [3.05, 3.63) is 35.9 Å². The van der Waals surface area contributed by atoms with Gasteiger partial charge in [-0.05, 0) is 50.1 Å². The Hall–Kier alpha value is -0.820. The summed E-state index contributed by atoms with van der Waals surface area (Å²) in [6.07, 6.45) is 12.4. The number of unbranched alkanes of at least 4 members (excludes halogenated alkanes) is 4. The van der Waals surface area contributed by atoms with Gasteiger partial charge in [-0.3, -0.25) is 0 Å². The van der Waals surface area contributed by atoms with Gasteiger partial charge in [-0.25, -0.2) is 0 Å². The third-order valence-corrected chi connectivity index (χ3v) is 4.71. The molecule has 0 bridgehead atoms. The molecule has 0 radical (unpaired) electrons. The second kappa shape index (κ2) is 9.18. The third kappa shape index (κ3) is 5.28. The van der Waals surface area contributed by atoms with Crippen LogP contribution in [0.3, 0.4) is 0 Å². The van der Waals surface area contributed by atoms with Gasteiger partial charge in [-0.15, -0.1) is 0 Å². The average Bonchev–Trinajstić information content (AvgIpc) is 2.52. The molecule has 0 amide bonds. The lowest BCUT2D eigenvalue weighted by atomic mass is 9.82. The van der Waals surface area contributed by atoms with Crippen molar-refractivity contribution in [3.8, 4) is 0 Å². The summed E-state index contributed by atoms with van der Waals surface area (Å²) in [4.78, 5) is 0. The number of rotatable bonds is 8. The Morgan fingerprint density at radius 2 is 1.60 bits per heavy atom. The molecule has 1 fully saturated rings. The monoisotopic (exact) mass is 273 g/mol. The summed E-state index contributed by atoms with van der Waals surface area (Å²) in [6.45, 7) is 3.51. The Balaban J connectivity index is 1.58. The Kier molecular flexibility index (Phi) is 7.14. The number of hydrogen-bond donors (Lipinski definition) is 1. The summed E-state index contributed by atoms with van der Waals surface area (Å²) in [5.41, 5.74) is 1.55. The first-order valence-electron chi connectivity index (χ1n) is 8.68. The summed E-state index contributed by atoms with van der Waals surface area (Å²) in [6, 6.07) is 11.8. The quantitative estimate of drug-likeness (QED) is 0.636. The fourth-order valence-corrected chi connectivity index (χ4v) is 3.39. The molecule has 112 valence electrons. The maximum absolute atomic E-state index is 3.77. The minimum absolute atomic E-state index is 0.779. The molecule has 0 heterocycles. The van der Waals surface area contributed by atoms with Gasteiger partial charge >= 0.3 is 0 Å². The first-order valence-corrected chi connectivity index (χ1v) is 8.68. The van der Waals surface area contributed by atoms with E-state index in [0.717, 1.165) is 12.0 Å². The number of benzene rings is 1. The van der Waals surface area contributed by atoms with Gasteiger partial charge in [0.1, 0.15) is 0 Å². The zero-order valence-corrected chi connectivity index (χ0v) is 13.1. The van der Waals surface area contributed by atoms with Gasteiger partial charge in [0.2, 0.25) is 0 Å². The second-order valence-corrected chi connectivity index (χ2v) is 6.33. The summed E-state index contributed by atoms with van der Waals surface area (Å²) in [7, 11) is 0. The predicted molar refractivity (Wildman–Crippen MR) is 88.2 cm³/mol. The summed E-state index contributed by atoms with van der Waals surface area (Å²) < 4.78 is 0. The molecule has 0 spiro atoms. The lowest BCUT2D eigenvalue weighted by molar-refractivity contribution is 0.340. The van der Waals surface area contributed by atoms with Crippen molar-refractivity contribution in [2.24, 2.45) is 0 Å². The van der Waals surface area contributed by atoms with E-state index < -0.39 is 0 Å². The predicted octanol–water partition coefficient (Wildman–Crippen LogP) is 5.27. The maximum atomic E-state index is 3.77. The Bertz CT molecular complexity index is 338. The van der Waals surface area contributed by atoms with Crippen LogP contribution in [0.25, 0.3) is 0 Å². The summed E-state index contributed by atoms with van der Waals surface area (Å²) >= 11 is 0. The van der Waals surface area contributed by atoms with Gasteiger partial charge in [-0.2, -0.15) is 0 Å². The van der Waals surface area contributed by atoms with Crippen molar-refractivity contribution < 1.29 is 0 Å². The van der Waals surface area contributed by atoms with E-state index >= 15 is 0 Å². The largest absolute Gasteiger partial charge is 0.314 e.